The van der Waals surface area contributed by atoms with Crippen LogP contribution in [0.5, 0.6) is 0 Å². The molecule has 0 fully saturated rings. The first-order chi connectivity index (χ1) is 8.58. The second-order valence-electron chi connectivity index (χ2n) is 5.03. The Kier molecular flexibility index (Phi) is 4.19. The van der Waals surface area contributed by atoms with Gasteiger partial charge in [0, 0.05) is 28.8 Å². The number of aromatic nitrogens is 2. The molecule has 0 aliphatic carbocycles. The Morgan fingerprint density at radius 2 is 2.22 bits per heavy atom. The van der Waals surface area contributed by atoms with Crippen LogP contribution in [0.3, 0.4) is 0 Å². The molecule has 0 aliphatic heterocycles. The van der Waals surface area contributed by atoms with Crippen LogP contribution in [0.25, 0.3) is 0 Å². The van der Waals surface area contributed by atoms with Crippen LogP contribution in [0.2, 0.25) is 0 Å². The Labute approximate surface area is 116 Å². The first-order valence-corrected chi connectivity index (χ1v) is 6.82. The molecular weight excluding hydrogens is 290 g/mol. The highest BCUT2D eigenvalue weighted by Gasteiger charge is 2.20. The average molecular weight is 308 g/mol. The number of rotatable bonds is 5. The van der Waals surface area contributed by atoms with E-state index in [0.29, 0.717) is 0 Å². The summed E-state index contributed by atoms with van der Waals surface area (Å²) in [5.41, 5.74) is 1.42. The monoisotopic (exact) mass is 307 g/mol. The first-order valence-electron chi connectivity index (χ1n) is 6.03. The average Bonchev–Trinajstić information content (AvgIpc) is 2.82. The van der Waals surface area contributed by atoms with Crippen LogP contribution in [-0.2, 0) is 12.0 Å². The van der Waals surface area contributed by atoms with Gasteiger partial charge in [-0.05, 0) is 17.7 Å². The molecular formula is C14H18BrN3. The van der Waals surface area contributed by atoms with Crippen molar-refractivity contribution >= 4 is 15.9 Å². The molecule has 2 aromatic rings. The van der Waals surface area contributed by atoms with Gasteiger partial charge in [-0.2, -0.15) is 0 Å². The van der Waals surface area contributed by atoms with E-state index in [4.69, 9.17) is 0 Å². The van der Waals surface area contributed by atoms with E-state index in [1.807, 2.05) is 6.20 Å². The maximum Gasteiger partial charge on any atom is 0.120 e. The van der Waals surface area contributed by atoms with Crippen LogP contribution < -0.4 is 5.32 Å². The summed E-state index contributed by atoms with van der Waals surface area (Å²) >= 11 is 3.52. The number of hydrogen-bond acceptors (Lipinski definition) is 2. The van der Waals surface area contributed by atoms with Gasteiger partial charge in [0.1, 0.15) is 5.82 Å². The molecule has 2 N–H and O–H groups in total. The summed E-state index contributed by atoms with van der Waals surface area (Å²) in [6.45, 7) is 6.16. The number of nitrogens with one attached hydrogen (secondary N) is 2. The minimum absolute atomic E-state index is 0.0936. The van der Waals surface area contributed by atoms with Crippen LogP contribution in [0, 0.1) is 0 Å². The summed E-state index contributed by atoms with van der Waals surface area (Å²) in [7, 11) is 0. The lowest BCUT2D eigenvalue weighted by molar-refractivity contribution is 0.465. The van der Waals surface area contributed by atoms with Gasteiger partial charge in [-0.25, -0.2) is 4.98 Å². The molecule has 4 heteroatoms. The second-order valence-corrected chi connectivity index (χ2v) is 5.95. The topological polar surface area (TPSA) is 40.7 Å². The van der Waals surface area contributed by atoms with Crippen molar-refractivity contribution in [2.75, 3.05) is 6.54 Å². The zero-order valence-electron chi connectivity index (χ0n) is 10.7. The highest BCUT2D eigenvalue weighted by Crippen LogP contribution is 2.25. The van der Waals surface area contributed by atoms with Gasteiger partial charge in [-0.15, -0.1) is 0 Å². The van der Waals surface area contributed by atoms with E-state index in [-0.39, 0.29) is 5.41 Å². The Hall–Kier alpha value is -1.13. The highest BCUT2D eigenvalue weighted by atomic mass is 79.9. The van der Waals surface area contributed by atoms with Crippen LogP contribution in [-0.4, -0.2) is 16.5 Å². The third kappa shape index (κ3) is 3.43. The molecule has 0 radical (unpaired) electrons. The number of benzene rings is 1. The van der Waals surface area contributed by atoms with Gasteiger partial charge < -0.3 is 10.3 Å². The zero-order valence-corrected chi connectivity index (χ0v) is 12.3. The van der Waals surface area contributed by atoms with E-state index < -0.39 is 0 Å². The van der Waals surface area contributed by atoms with Gasteiger partial charge in [0.05, 0.1) is 6.54 Å². The van der Waals surface area contributed by atoms with Crippen molar-refractivity contribution in [2.24, 2.45) is 0 Å². The standard InChI is InChI=1S/C14H18BrN3/c1-14(2,11-4-3-5-12(15)8-11)10-16-9-13-17-6-7-18-13/h3-8,16H,9-10H2,1-2H3,(H,17,18). The summed E-state index contributed by atoms with van der Waals surface area (Å²) in [5.74, 6) is 0.972. The van der Waals surface area contributed by atoms with Crippen molar-refractivity contribution in [3.63, 3.8) is 0 Å². The predicted molar refractivity (Wildman–Crippen MR) is 77.5 cm³/mol. The Bertz CT molecular complexity index is 492. The van der Waals surface area contributed by atoms with Gasteiger partial charge in [-0.3, -0.25) is 0 Å². The number of H-pyrrole nitrogens is 1. The molecule has 0 atom stereocenters. The Morgan fingerprint density at radius 1 is 1.39 bits per heavy atom. The van der Waals surface area contributed by atoms with E-state index in [1.165, 1.54) is 5.56 Å². The first kappa shape index (κ1) is 13.3. The van der Waals surface area contributed by atoms with E-state index in [9.17, 15) is 0 Å². The smallest absolute Gasteiger partial charge is 0.120 e. The summed E-state index contributed by atoms with van der Waals surface area (Å²) in [5, 5.41) is 3.44. The molecule has 18 heavy (non-hydrogen) atoms. The fraction of sp³-hybridized carbons (Fsp3) is 0.357. The fourth-order valence-electron chi connectivity index (χ4n) is 1.90. The number of halogens is 1. The number of aromatic amines is 1. The number of hydrogen-bond donors (Lipinski definition) is 2. The summed E-state index contributed by atoms with van der Waals surface area (Å²) < 4.78 is 1.12. The van der Waals surface area contributed by atoms with Crippen LogP contribution >= 0.6 is 15.9 Å². The lowest BCUT2D eigenvalue weighted by Crippen LogP contribution is -2.32. The van der Waals surface area contributed by atoms with E-state index in [2.05, 4.69) is 69.3 Å². The number of imidazole rings is 1. The van der Waals surface area contributed by atoms with E-state index >= 15 is 0 Å². The molecule has 0 unspecified atom stereocenters. The third-order valence-corrected chi connectivity index (χ3v) is 3.51. The van der Waals surface area contributed by atoms with Crippen LogP contribution in [0.1, 0.15) is 25.2 Å². The van der Waals surface area contributed by atoms with Crippen molar-refractivity contribution in [1.82, 2.24) is 15.3 Å². The largest absolute Gasteiger partial charge is 0.348 e. The summed E-state index contributed by atoms with van der Waals surface area (Å²) in [6, 6.07) is 8.47. The molecule has 96 valence electrons. The fourth-order valence-corrected chi connectivity index (χ4v) is 2.30. The molecule has 3 nitrogen and oxygen atoms in total. The van der Waals surface area contributed by atoms with Gasteiger partial charge in [-0.1, -0.05) is 41.9 Å². The summed E-state index contributed by atoms with van der Waals surface area (Å²) in [4.78, 5) is 7.29. The normalized spacial score (nSPS) is 11.7. The van der Waals surface area contributed by atoms with Gasteiger partial charge in [0.2, 0.25) is 0 Å². The SMILES string of the molecule is CC(C)(CNCc1ncc[nH]1)c1cccc(Br)c1. The van der Waals surface area contributed by atoms with Crippen molar-refractivity contribution in [2.45, 2.75) is 25.8 Å². The highest BCUT2D eigenvalue weighted by molar-refractivity contribution is 9.10. The van der Waals surface area contributed by atoms with E-state index in [1.54, 1.807) is 6.20 Å². The van der Waals surface area contributed by atoms with Crippen molar-refractivity contribution in [1.29, 1.82) is 0 Å². The maximum absolute atomic E-state index is 4.20. The predicted octanol–water partition coefficient (Wildman–Crippen LogP) is 3.24. The van der Waals surface area contributed by atoms with Crippen LogP contribution in [0.15, 0.2) is 41.1 Å². The van der Waals surface area contributed by atoms with Gasteiger partial charge >= 0.3 is 0 Å². The molecule has 0 saturated carbocycles. The lowest BCUT2D eigenvalue weighted by atomic mass is 9.84. The molecule has 1 heterocycles. The minimum atomic E-state index is 0.0936. The Balaban J connectivity index is 1.94. The quantitative estimate of drug-likeness (QED) is 0.890. The van der Waals surface area contributed by atoms with Crippen molar-refractivity contribution < 1.29 is 0 Å². The molecule has 2 rings (SSSR count). The van der Waals surface area contributed by atoms with Crippen molar-refractivity contribution in [3.05, 3.63) is 52.5 Å². The molecule has 0 aliphatic rings. The summed E-state index contributed by atoms with van der Waals surface area (Å²) in [6.07, 6.45) is 3.62. The zero-order chi connectivity index (χ0) is 13.0. The minimum Gasteiger partial charge on any atom is -0.348 e. The van der Waals surface area contributed by atoms with E-state index in [0.717, 1.165) is 23.4 Å². The maximum atomic E-state index is 4.20. The molecule has 0 bridgehead atoms. The van der Waals surface area contributed by atoms with Crippen LogP contribution in [0.4, 0.5) is 0 Å². The molecule has 1 aromatic carbocycles. The number of nitrogens with zero attached hydrogens (tertiary/aromatic N) is 1. The molecule has 0 saturated heterocycles. The molecule has 1 aromatic heterocycles. The Morgan fingerprint density at radius 3 is 2.89 bits per heavy atom. The van der Waals surface area contributed by atoms with Crippen molar-refractivity contribution in [3.8, 4) is 0 Å². The molecule has 0 amide bonds. The molecule has 0 spiro atoms. The second kappa shape index (κ2) is 5.67. The third-order valence-electron chi connectivity index (χ3n) is 3.02. The lowest BCUT2D eigenvalue weighted by Gasteiger charge is -2.25. The van der Waals surface area contributed by atoms with Gasteiger partial charge in [0.25, 0.3) is 0 Å². The van der Waals surface area contributed by atoms with Gasteiger partial charge in [0.15, 0.2) is 0 Å².